The number of ether oxygens (including phenoxy) is 2. The maximum atomic E-state index is 11.6. The number of hydrogen-bond donors (Lipinski definition) is 1. The minimum atomic E-state index is -0.779. The van der Waals surface area contributed by atoms with E-state index in [1.807, 2.05) is 0 Å². The van der Waals surface area contributed by atoms with Crippen molar-refractivity contribution >= 4 is 17.7 Å². The lowest BCUT2D eigenvalue weighted by Gasteiger charge is -2.16. The van der Waals surface area contributed by atoms with Crippen molar-refractivity contribution in [1.82, 2.24) is 0 Å². The van der Waals surface area contributed by atoms with Gasteiger partial charge in [-0.3, -0.25) is 14.4 Å². The van der Waals surface area contributed by atoms with Crippen LogP contribution in [0.15, 0.2) is 0 Å². The molecule has 0 saturated heterocycles. The van der Waals surface area contributed by atoms with Crippen molar-refractivity contribution in [3.05, 3.63) is 0 Å². The van der Waals surface area contributed by atoms with E-state index in [0.717, 1.165) is 0 Å². The quantitative estimate of drug-likeness (QED) is 0.651. The monoisotopic (exact) mass is 302 g/mol. The molecule has 0 aliphatic rings. The van der Waals surface area contributed by atoms with E-state index in [1.165, 1.54) is 6.92 Å². The summed E-state index contributed by atoms with van der Waals surface area (Å²) in [5.41, 5.74) is 0. The van der Waals surface area contributed by atoms with E-state index in [9.17, 15) is 14.4 Å². The van der Waals surface area contributed by atoms with Crippen LogP contribution >= 0.6 is 0 Å². The predicted molar refractivity (Wildman–Crippen MR) is 76.5 cm³/mol. The standard InChI is InChI=1S/C15H26O6/c1-9(2)13(17)7-11(4)20-15(19)8-12(5)21-14(18)6-10(3)16/h9-12,16H,6-8H2,1-5H3/t10-,11-,12-/m1/s1. The molecule has 0 fully saturated rings. The fraction of sp³-hybridized carbons (Fsp3) is 0.800. The molecule has 6 nitrogen and oxygen atoms in total. The zero-order valence-corrected chi connectivity index (χ0v) is 13.4. The molecule has 0 aromatic carbocycles. The molecule has 0 amide bonds. The second-order valence-electron chi connectivity index (χ2n) is 5.68. The molecule has 0 saturated carbocycles. The number of rotatable bonds is 9. The van der Waals surface area contributed by atoms with E-state index in [4.69, 9.17) is 14.6 Å². The summed E-state index contributed by atoms with van der Waals surface area (Å²) in [6.07, 6.45) is -1.91. The lowest BCUT2D eigenvalue weighted by Crippen LogP contribution is -2.25. The largest absolute Gasteiger partial charge is 0.462 e. The second-order valence-corrected chi connectivity index (χ2v) is 5.68. The Balaban J connectivity index is 4.07. The molecular formula is C15H26O6. The summed E-state index contributed by atoms with van der Waals surface area (Å²) in [4.78, 5) is 34.5. The number of ketones is 1. The van der Waals surface area contributed by atoms with Crippen LogP contribution in [0.4, 0.5) is 0 Å². The van der Waals surface area contributed by atoms with Crippen molar-refractivity contribution in [1.29, 1.82) is 0 Å². The van der Waals surface area contributed by atoms with Crippen LogP contribution in [0.2, 0.25) is 0 Å². The van der Waals surface area contributed by atoms with Crippen molar-refractivity contribution in [2.24, 2.45) is 5.92 Å². The van der Waals surface area contributed by atoms with Gasteiger partial charge in [-0.1, -0.05) is 13.8 Å². The summed E-state index contributed by atoms with van der Waals surface area (Å²) in [5.74, 6) is -1.14. The third-order valence-electron chi connectivity index (χ3n) is 2.71. The normalized spacial score (nSPS) is 15.2. The number of Topliss-reactive ketones (excluding diaryl/α,β-unsaturated/α-hetero) is 1. The first-order valence-corrected chi connectivity index (χ1v) is 7.21. The van der Waals surface area contributed by atoms with E-state index in [2.05, 4.69) is 0 Å². The minimum absolute atomic E-state index is 0.0340. The van der Waals surface area contributed by atoms with Crippen molar-refractivity contribution in [3.63, 3.8) is 0 Å². The highest BCUT2D eigenvalue weighted by Gasteiger charge is 2.19. The molecule has 0 aromatic heterocycles. The lowest BCUT2D eigenvalue weighted by atomic mass is 10.0. The summed E-state index contributed by atoms with van der Waals surface area (Å²) >= 11 is 0. The Morgan fingerprint density at radius 1 is 0.810 bits per heavy atom. The average molecular weight is 302 g/mol. The fourth-order valence-corrected chi connectivity index (χ4v) is 1.62. The van der Waals surface area contributed by atoms with Gasteiger partial charge in [-0.05, 0) is 20.8 Å². The summed E-state index contributed by atoms with van der Waals surface area (Å²) < 4.78 is 10.1. The van der Waals surface area contributed by atoms with E-state index >= 15 is 0 Å². The number of aliphatic hydroxyl groups excluding tert-OH is 1. The maximum absolute atomic E-state index is 11.6. The van der Waals surface area contributed by atoms with Gasteiger partial charge in [0.25, 0.3) is 0 Å². The highest BCUT2D eigenvalue weighted by atomic mass is 16.6. The minimum Gasteiger partial charge on any atom is -0.462 e. The van der Waals surface area contributed by atoms with E-state index in [1.54, 1.807) is 27.7 Å². The van der Waals surface area contributed by atoms with E-state index < -0.39 is 30.3 Å². The SMILES string of the molecule is CC(C)C(=O)C[C@@H](C)OC(=O)C[C@@H](C)OC(=O)C[C@@H](C)O. The molecular weight excluding hydrogens is 276 g/mol. The van der Waals surface area contributed by atoms with Crippen molar-refractivity contribution in [2.75, 3.05) is 0 Å². The topological polar surface area (TPSA) is 89.9 Å². The van der Waals surface area contributed by atoms with E-state index in [0.29, 0.717) is 0 Å². The van der Waals surface area contributed by atoms with Crippen LogP contribution in [0.5, 0.6) is 0 Å². The van der Waals surface area contributed by atoms with Gasteiger partial charge >= 0.3 is 11.9 Å². The second kappa shape index (κ2) is 9.50. The van der Waals surface area contributed by atoms with Crippen LogP contribution in [-0.2, 0) is 23.9 Å². The van der Waals surface area contributed by atoms with Crippen molar-refractivity contribution in [3.8, 4) is 0 Å². The van der Waals surface area contributed by atoms with Crippen LogP contribution in [0, 0.1) is 5.92 Å². The number of carbonyl (C=O) groups excluding carboxylic acids is 3. The van der Waals surface area contributed by atoms with Gasteiger partial charge in [0.2, 0.25) is 0 Å². The molecule has 3 atom stereocenters. The Kier molecular flexibility index (Phi) is 8.85. The smallest absolute Gasteiger partial charge is 0.309 e. The highest BCUT2D eigenvalue weighted by Crippen LogP contribution is 2.09. The van der Waals surface area contributed by atoms with Crippen LogP contribution < -0.4 is 0 Å². The van der Waals surface area contributed by atoms with Crippen LogP contribution in [0.3, 0.4) is 0 Å². The Hall–Kier alpha value is -1.43. The van der Waals surface area contributed by atoms with Crippen molar-refractivity contribution < 1.29 is 29.0 Å². The van der Waals surface area contributed by atoms with Gasteiger partial charge in [-0.2, -0.15) is 0 Å². The first-order chi connectivity index (χ1) is 9.61. The van der Waals surface area contributed by atoms with Gasteiger partial charge in [0.15, 0.2) is 0 Å². The van der Waals surface area contributed by atoms with Gasteiger partial charge in [0.1, 0.15) is 18.0 Å². The summed E-state index contributed by atoms with van der Waals surface area (Å²) in [6.45, 7) is 8.29. The Morgan fingerprint density at radius 3 is 1.67 bits per heavy atom. The van der Waals surface area contributed by atoms with Crippen LogP contribution in [0.1, 0.15) is 53.9 Å². The van der Waals surface area contributed by atoms with Crippen molar-refractivity contribution in [2.45, 2.75) is 72.2 Å². The van der Waals surface area contributed by atoms with Gasteiger partial charge in [-0.25, -0.2) is 0 Å². The molecule has 0 aliphatic carbocycles. The molecule has 6 heteroatoms. The third-order valence-corrected chi connectivity index (χ3v) is 2.71. The van der Waals surface area contributed by atoms with E-state index in [-0.39, 0.29) is 31.0 Å². The van der Waals surface area contributed by atoms with Gasteiger partial charge in [-0.15, -0.1) is 0 Å². The molecule has 0 radical (unpaired) electrons. The van der Waals surface area contributed by atoms with Crippen LogP contribution in [-0.4, -0.2) is 41.1 Å². The first kappa shape index (κ1) is 19.6. The summed E-state index contributed by atoms with van der Waals surface area (Å²) in [5, 5.41) is 9.04. The number of esters is 2. The summed E-state index contributed by atoms with van der Waals surface area (Å²) in [6, 6.07) is 0. The summed E-state index contributed by atoms with van der Waals surface area (Å²) in [7, 11) is 0. The molecule has 0 bridgehead atoms. The van der Waals surface area contributed by atoms with Gasteiger partial charge in [0, 0.05) is 12.3 Å². The molecule has 21 heavy (non-hydrogen) atoms. The molecule has 122 valence electrons. The molecule has 0 unspecified atom stereocenters. The Labute approximate surface area is 125 Å². The highest BCUT2D eigenvalue weighted by molar-refractivity contribution is 5.81. The molecule has 0 heterocycles. The molecule has 0 aromatic rings. The zero-order valence-electron chi connectivity index (χ0n) is 13.4. The number of carbonyl (C=O) groups is 3. The lowest BCUT2D eigenvalue weighted by molar-refractivity contribution is -0.157. The molecule has 1 N–H and O–H groups in total. The van der Waals surface area contributed by atoms with Gasteiger partial charge in [0.05, 0.1) is 18.9 Å². The average Bonchev–Trinajstić information content (AvgIpc) is 2.25. The molecule has 0 aliphatic heterocycles. The maximum Gasteiger partial charge on any atom is 0.309 e. The van der Waals surface area contributed by atoms with Crippen LogP contribution in [0.25, 0.3) is 0 Å². The molecule has 0 spiro atoms. The molecule has 0 rings (SSSR count). The van der Waals surface area contributed by atoms with Gasteiger partial charge < -0.3 is 14.6 Å². The third kappa shape index (κ3) is 10.0. The zero-order chi connectivity index (χ0) is 16.6. The first-order valence-electron chi connectivity index (χ1n) is 7.21. The number of hydrogen-bond acceptors (Lipinski definition) is 6. The predicted octanol–water partition coefficient (Wildman–Crippen LogP) is 1.63. The number of aliphatic hydroxyl groups is 1. The Morgan fingerprint density at radius 2 is 1.24 bits per heavy atom. The fourth-order valence-electron chi connectivity index (χ4n) is 1.62. The Bertz CT molecular complexity index is 361.